The molecule has 2 aliphatic carbocycles. The van der Waals surface area contributed by atoms with E-state index >= 15 is 0 Å². The summed E-state index contributed by atoms with van der Waals surface area (Å²) in [7, 11) is 0. The Morgan fingerprint density at radius 2 is 0.811 bits per heavy atom. The second kappa shape index (κ2) is 40.3. The summed E-state index contributed by atoms with van der Waals surface area (Å²) in [6.45, 7) is 41.0. The Balaban J connectivity index is 0.000000133. The number of benzene rings is 8. The van der Waals surface area contributed by atoms with Crippen LogP contribution in [-0.4, -0.2) is 52.4 Å². The van der Waals surface area contributed by atoms with Gasteiger partial charge >= 0.3 is 0 Å². The average molecular weight is 1470 g/mol. The Morgan fingerprint density at radius 1 is 0.333 bits per heavy atom. The minimum absolute atomic E-state index is 0.484. The molecular formula is C102H121N9. The van der Waals surface area contributed by atoms with Gasteiger partial charge in [0.15, 0.2) is 0 Å². The van der Waals surface area contributed by atoms with Crippen LogP contribution in [0.2, 0.25) is 0 Å². The van der Waals surface area contributed by atoms with E-state index in [1.165, 1.54) is 124 Å². The summed E-state index contributed by atoms with van der Waals surface area (Å²) < 4.78 is 6.64. The number of para-hydroxylation sites is 3. The fourth-order valence-electron chi connectivity index (χ4n) is 15.1. The highest BCUT2D eigenvalue weighted by Gasteiger charge is 2.20. The standard InChI is InChI=1S/C13H14.C12H13N.2C12H14.C11H16N2.2C11H13N.2C10H12N2/c1-10(2)12-9-5-7-11-6-3-4-8-13(11)12;1-9(2)10-5-3-7-12-11(10)6-4-8-13-12;2*1-9(2)11-7-3-5-10-6-4-8-12(10)11;1-9(2)13-8-4-6-10-5-3-7-12-11(10)13;1-8(2)9-4-3-5-11-10(9)6-7-12-11;1-9(2)12-8-7-10-5-3-4-6-11(10)12;1-8(2)12-7-5-9-4-3-6-11-10(9)12;1-8(2)12-7-11-9-5-3-4-6-10(9)12/h3-10H,1-2H3;3-9H,1-2H3;2*3-7,9H,8H2,1-2H3;3,5,7,9H,4,6,8H2,1-2H3;3-5,7-8H,6H2,1-2H3;3-9H,1-2H3;2*3-8H,1-2H3. The molecule has 0 amide bonds. The number of rotatable bonds is 9. The zero-order valence-electron chi connectivity index (χ0n) is 69.5. The zero-order chi connectivity index (χ0) is 79.1. The molecule has 6 aromatic heterocycles. The largest absolute Gasteiger partial charge is 0.354 e. The van der Waals surface area contributed by atoms with Crippen molar-refractivity contribution in [3.8, 4) is 0 Å². The number of fused-ring (bicyclic) bond motifs is 9. The minimum Gasteiger partial charge on any atom is -0.354 e. The van der Waals surface area contributed by atoms with Gasteiger partial charge < -0.3 is 18.6 Å². The van der Waals surface area contributed by atoms with Crippen molar-refractivity contribution in [3.63, 3.8) is 0 Å². The third-order valence-electron chi connectivity index (χ3n) is 20.9. The molecule has 9 heteroatoms. The first-order chi connectivity index (χ1) is 53.6. The number of aromatic nitrogens is 7. The van der Waals surface area contributed by atoms with Crippen molar-refractivity contribution >= 4 is 84.5 Å². The van der Waals surface area contributed by atoms with Gasteiger partial charge in [0.2, 0.25) is 0 Å². The van der Waals surface area contributed by atoms with E-state index in [-0.39, 0.29) is 0 Å². The lowest BCUT2D eigenvalue weighted by Gasteiger charge is -2.33. The number of pyridine rings is 3. The van der Waals surface area contributed by atoms with Gasteiger partial charge in [-0.05, 0) is 255 Å². The van der Waals surface area contributed by atoms with Gasteiger partial charge in [-0.25, -0.2) is 15.0 Å². The maximum absolute atomic E-state index is 4.45. The molecule has 0 unspecified atom stereocenters. The smallest absolute Gasteiger partial charge is 0.140 e. The fourth-order valence-corrected chi connectivity index (χ4v) is 15.1. The molecule has 2 aliphatic heterocycles. The van der Waals surface area contributed by atoms with Crippen molar-refractivity contribution in [2.45, 2.75) is 210 Å². The van der Waals surface area contributed by atoms with Gasteiger partial charge in [0.1, 0.15) is 11.5 Å². The summed E-state index contributed by atoms with van der Waals surface area (Å²) in [5, 5.41) is 6.55. The number of nitrogens with zero attached hydrogens (tertiary/aromatic N) is 9. The predicted octanol–water partition coefficient (Wildman–Crippen LogP) is 27.8. The normalized spacial score (nSPS) is 12.6. The molecule has 574 valence electrons. The van der Waals surface area contributed by atoms with E-state index in [0.29, 0.717) is 53.8 Å². The van der Waals surface area contributed by atoms with Crippen LogP contribution in [0.25, 0.3) is 66.8 Å². The van der Waals surface area contributed by atoms with Gasteiger partial charge in [-0.2, -0.15) is 0 Å². The predicted molar refractivity (Wildman–Crippen MR) is 480 cm³/mol. The van der Waals surface area contributed by atoms with E-state index in [4.69, 9.17) is 0 Å². The second-order valence-electron chi connectivity index (χ2n) is 31.9. The first-order valence-electron chi connectivity index (χ1n) is 40.7. The van der Waals surface area contributed by atoms with Crippen LogP contribution >= 0.6 is 0 Å². The van der Waals surface area contributed by atoms with E-state index in [0.717, 1.165) is 42.5 Å². The lowest BCUT2D eigenvalue weighted by atomic mass is 9.94. The Labute approximate surface area is 664 Å². The molecule has 0 fully saturated rings. The highest BCUT2D eigenvalue weighted by molar-refractivity contribution is 5.86. The van der Waals surface area contributed by atoms with Crippen LogP contribution < -0.4 is 4.90 Å². The highest BCUT2D eigenvalue weighted by atomic mass is 15.2. The molecule has 0 bridgehead atoms. The van der Waals surface area contributed by atoms with Crippen LogP contribution in [0.15, 0.2) is 267 Å². The summed E-state index contributed by atoms with van der Waals surface area (Å²) in [5.74, 6) is 4.28. The van der Waals surface area contributed by atoms with Crippen molar-refractivity contribution < 1.29 is 0 Å². The Bertz CT molecular complexity index is 4910. The van der Waals surface area contributed by atoms with E-state index in [2.05, 4.69) is 381 Å². The maximum atomic E-state index is 4.45. The molecule has 0 saturated carbocycles. The Morgan fingerprint density at radius 3 is 1.45 bits per heavy atom. The summed E-state index contributed by atoms with van der Waals surface area (Å²) in [6, 6.07) is 76.4. The number of anilines is 1. The zero-order valence-corrected chi connectivity index (χ0v) is 69.5. The van der Waals surface area contributed by atoms with Crippen LogP contribution in [0.3, 0.4) is 0 Å². The van der Waals surface area contributed by atoms with Crippen molar-refractivity contribution in [1.29, 1.82) is 0 Å². The summed E-state index contributed by atoms with van der Waals surface area (Å²) >= 11 is 0. The molecule has 0 N–H and O–H groups in total. The van der Waals surface area contributed by atoms with Crippen LogP contribution in [-0.2, 0) is 25.7 Å². The van der Waals surface area contributed by atoms with Crippen LogP contribution in [0.4, 0.5) is 11.5 Å². The lowest BCUT2D eigenvalue weighted by molar-refractivity contribution is 0.615. The summed E-state index contributed by atoms with van der Waals surface area (Å²) in [5.41, 5.74) is 23.0. The van der Waals surface area contributed by atoms with Crippen molar-refractivity contribution in [1.82, 2.24) is 33.6 Å². The SMILES string of the molecule is CC(C)N1CCCc2cccnc21.CC(C)c1cccc2c1CC=C2.CC(C)c1cccc2c1CC=C2.CC(C)c1cccc2c1CC=N2.CC(C)c1cccc2ccccc12.CC(C)c1cccc2ncccc12.CC(C)n1ccc2ccccc21.CC(C)n1ccc2cccnc21.CC(C)n1cnc2ccccc21. The number of allylic oxidation sites excluding steroid dienone is 2. The molecule has 8 heterocycles. The van der Waals surface area contributed by atoms with Crippen molar-refractivity contribution in [2.75, 3.05) is 11.4 Å². The van der Waals surface area contributed by atoms with E-state index < -0.39 is 0 Å². The minimum atomic E-state index is 0.484. The number of imidazole rings is 1. The van der Waals surface area contributed by atoms with Crippen molar-refractivity contribution in [3.05, 3.63) is 323 Å². The van der Waals surface area contributed by atoms with Crippen LogP contribution in [0.1, 0.15) is 240 Å². The number of hydrogen-bond donors (Lipinski definition) is 0. The first kappa shape index (κ1) is 82.7. The second-order valence-corrected chi connectivity index (χ2v) is 31.9. The maximum Gasteiger partial charge on any atom is 0.140 e. The van der Waals surface area contributed by atoms with Gasteiger partial charge in [0, 0.05) is 90.6 Å². The summed E-state index contributed by atoms with van der Waals surface area (Å²) in [6.07, 6.45) is 28.4. The number of aryl methyl sites for hydroxylation is 1. The van der Waals surface area contributed by atoms with Crippen LogP contribution in [0.5, 0.6) is 0 Å². The van der Waals surface area contributed by atoms with Crippen molar-refractivity contribution in [2.24, 2.45) is 4.99 Å². The van der Waals surface area contributed by atoms with E-state index in [9.17, 15) is 0 Å². The number of hydrogen-bond acceptors (Lipinski definition) is 6. The molecule has 9 nitrogen and oxygen atoms in total. The summed E-state index contributed by atoms with van der Waals surface area (Å²) in [4.78, 5) is 24.1. The molecule has 18 rings (SSSR count). The average Bonchev–Trinajstić information content (AvgIpc) is 1.78. The molecule has 14 aromatic rings. The monoisotopic (exact) mass is 1470 g/mol. The molecular weight excluding hydrogens is 1350 g/mol. The van der Waals surface area contributed by atoms with Gasteiger partial charge in [0.05, 0.1) is 28.6 Å². The fraction of sp³-hybridized carbons (Fsp3) is 0.324. The van der Waals surface area contributed by atoms with Gasteiger partial charge in [-0.15, -0.1) is 0 Å². The molecule has 0 radical (unpaired) electrons. The highest BCUT2D eigenvalue weighted by Crippen LogP contribution is 2.34. The lowest BCUT2D eigenvalue weighted by Crippen LogP contribution is -2.36. The Hall–Kier alpha value is -10.8. The van der Waals surface area contributed by atoms with Gasteiger partial charge in [0.25, 0.3) is 0 Å². The Kier molecular flexibility index (Phi) is 30.0. The molecule has 8 aromatic carbocycles. The third kappa shape index (κ3) is 21.6. The first-order valence-corrected chi connectivity index (χ1v) is 40.7. The molecule has 0 atom stereocenters. The molecule has 0 saturated heterocycles. The molecule has 4 aliphatic rings. The third-order valence-corrected chi connectivity index (χ3v) is 20.9. The van der Waals surface area contributed by atoms with Crippen LogP contribution in [0, 0.1) is 0 Å². The van der Waals surface area contributed by atoms with Gasteiger partial charge in [-0.3, -0.25) is 9.98 Å². The van der Waals surface area contributed by atoms with E-state index in [1.807, 2.05) is 67.5 Å². The van der Waals surface area contributed by atoms with Gasteiger partial charge in [-0.1, -0.05) is 239 Å². The quantitative estimate of drug-likeness (QED) is 0.144. The molecule has 111 heavy (non-hydrogen) atoms. The van der Waals surface area contributed by atoms with E-state index in [1.54, 1.807) is 0 Å². The number of aliphatic imine (C=N–C) groups is 1. The topological polar surface area (TPSA) is 82.0 Å². The molecule has 0 spiro atoms.